The molecule has 0 aliphatic heterocycles. The maximum Gasteiger partial charge on any atom is 0.234 e. The van der Waals surface area contributed by atoms with Crippen LogP contribution in [-0.2, 0) is 22.7 Å². The van der Waals surface area contributed by atoms with E-state index in [1.807, 2.05) is 4.57 Å². The number of rotatable bonds is 8. The second kappa shape index (κ2) is 8.44. The second-order valence-electron chi connectivity index (χ2n) is 4.58. The smallest absolute Gasteiger partial charge is 0.234 e. The average molecular weight is 336 g/mol. The highest BCUT2D eigenvalue weighted by atomic mass is 32.2. The van der Waals surface area contributed by atoms with Gasteiger partial charge in [-0.3, -0.25) is 4.79 Å². The Morgan fingerprint density at radius 3 is 3.04 bits per heavy atom. The number of anilines is 1. The monoisotopic (exact) mass is 336 g/mol. The van der Waals surface area contributed by atoms with E-state index in [0.717, 1.165) is 0 Å². The third-order valence-electron chi connectivity index (χ3n) is 2.82. The van der Waals surface area contributed by atoms with Crippen LogP contribution in [0.25, 0.3) is 0 Å². The van der Waals surface area contributed by atoms with Crippen LogP contribution in [0.3, 0.4) is 0 Å². The number of halogens is 1. The summed E-state index contributed by atoms with van der Waals surface area (Å²) >= 11 is 1.25. The largest absolute Gasteiger partial charge is 0.377 e. The number of allylic oxidation sites excluding steroid dienone is 1. The number of benzene rings is 1. The highest BCUT2D eigenvalue weighted by molar-refractivity contribution is 7.99. The van der Waals surface area contributed by atoms with Gasteiger partial charge in [0, 0.05) is 19.3 Å². The number of hydrogen-bond acceptors (Lipinski definition) is 5. The van der Waals surface area contributed by atoms with Crippen LogP contribution >= 0.6 is 11.8 Å². The Bertz CT molecular complexity index is 690. The molecule has 6 nitrogen and oxygen atoms in total. The summed E-state index contributed by atoms with van der Waals surface area (Å²) in [7, 11) is 1.58. The Morgan fingerprint density at radius 2 is 2.35 bits per heavy atom. The van der Waals surface area contributed by atoms with Crippen molar-refractivity contribution in [3.8, 4) is 0 Å². The highest BCUT2D eigenvalue weighted by Crippen LogP contribution is 2.18. The zero-order chi connectivity index (χ0) is 16.7. The van der Waals surface area contributed by atoms with E-state index in [1.165, 1.54) is 30.0 Å². The summed E-state index contributed by atoms with van der Waals surface area (Å²) in [5.41, 5.74) is 0.420. The zero-order valence-corrected chi connectivity index (χ0v) is 13.5. The molecular weight excluding hydrogens is 319 g/mol. The number of nitrogens with one attached hydrogen (secondary N) is 1. The van der Waals surface area contributed by atoms with Crippen molar-refractivity contribution in [1.82, 2.24) is 14.8 Å². The van der Waals surface area contributed by atoms with Gasteiger partial charge in [0.1, 0.15) is 12.4 Å². The molecule has 0 saturated carbocycles. The maximum absolute atomic E-state index is 13.1. The summed E-state index contributed by atoms with van der Waals surface area (Å²) in [6, 6.07) is 5.75. The molecule has 0 aliphatic rings. The predicted molar refractivity (Wildman–Crippen MR) is 86.7 cm³/mol. The topological polar surface area (TPSA) is 69.0 Å². The molecule has 0 aliphatic carbocycles. The first-order chi connectivity index (χ1) is 11.1. The van der Waals surface area contributed by atoms with Gasteiger partial charge in [0.05, 0.1) is 5.75 Å². The van der Waals surface area contributed by atoms with Gasteiger partial charge in [-0.05, 0) is 18.2 Å². The molecule has 1 aromatic carbocycles. The molecule has 2 aromatic rings. The van der Waals surface area contributed by atoms with Crippen molar-refractivity contribution >= 4 is 23.4 Å². The fraction of sp³-hybridized carbons (Fsp3) is 0.267. The minimum atomic E-state index is -0.398. The number of thioether (sulfide) groups is 1. The van der Waals surface area contributed by atoms with Gasteiger partial charge < -0.3 is 14.6 Å². The summed E-state index contributed by atoms with van der Waals surface area (Å²) < 4.78 is 20.0. The lowest BCUT2D eigenvalue weighted by Crippen LogP contribution is -2.15. The van der Waals surface area contributed by atoms with Gasteiger partial charge in [0.2, 0.25) is 5.91 Å². The quantitative estimate of drug-likeness (QED) is 0.592. The number of ether oxygens (including phenoxy) is 1. The SMILES string of the molecule is C=CCn1c(COC)nnc1SCC(=O)Nc1cccc(F)c1. The Labute approximate surface area is 137 Å². The van der Waals surface area contributed by atoms with E-state index in [1.54, 1.807) is 19.3 Å². The van der Waals surface area contributed by atoms with Gasteiger partial charge in [0.15, 0.2) is 11.0 Å². The van der Waals surface area contributed by atoms with E-state index in [0.29, 0.717) is 29.8 Å². The third kappa shape index (κ3) is 4.90. The van der Waals surface area contributed by atoms with Gasteiger partial charge in [0.25, 0.3) is 0 Å². The lowest BCUT2D eigenvalue weighted by molar-refractivity contribution is -0.113. The molecule has 0 saturated heterocycles. The van der Waals surface area contributed by atoms with Crippen LogP contribution in [0.5, 0.6) is 0 Å². The number of hydrogen-bond donors (Lipinski definition) is 1. The molecule has 0 fully saturated rings. The summed E-state index contributed by atoms with van der Waals surface area (Å²) in [4.78, 5) is 11.9. The number of carbonyl (C=O) groups excluding carboxylic acids is 1. The molecule has 0 atom stereocenters. The van der Waals surface area contributed by atoms with Crippen LogP contribution in [0.15, 0.2) is 42.1 Å². The predicted octanol–water partition coefficient (Wildman–Crippen LogP) is 2.48. The van der Waals surface area contributed by atoms with Crippen LogP contribution in [0.2, 0.25) is 0 Å². The first kappa shape index (κ1) is 17.2. The van der Waals surface area contributed by atoms with Crippen LogP contribution in [0.1, 0.15) is 5.82 Å². The van der Waals surface area contributed by atoms with Gasteiger partial charge in [-0.15, -0.1) is 16.8 Å². The number of methoxy groups -OCH3 is 1. The zero-order valence-electron chi connectivity index (χ0n) is 12.7. The first-order valence-corrected chi connectivity index (χ1v) is 7.82. The normalized spacial score (nSPS) is 10.5. The molecule has 8 heteroatoms. The van der Waals surface area contributed by atoms with Crippen LogP contribution in [0, 0.1) is 5.82 Å². The second-order valence-corrected chi connectivity index (χ2v) is 5.52. The number of amides is 1. The third-order valence-corrected chi connectivity index (χ3v) is 3.79. The Hall–Kier alpha value is -2.19. The van der Waals surface area contributed by atoms with Crippen molar-refractivity contribution in [2.75, 3.05) is 18.2 Å². The van der Waals surface area contributed by atoms with Crippen LogP contribution in [-0.4, -0.2) is 33.5 Å². The Balaban J connectivity index is 1.97. The molecule has 0 unspecified atom stereocenters. The van der Waals surface area contributed by atoms with Crippen molar-refractivity contribution in [1.29, 1.82) is 0 Å². The fourth-order valence-corrected chi connectivity index (χ4v) is 2.63. The van der Waals surface area contributed by atoms with Crippen molar-refractivity contribution in [2.45, 2.75) is 18.3 Å². The van der Waals surface area contributed by atoms with Gasteiger partial charge in [-0.25, -0.2) is 4.39 Å². The van der Waals surface area contributed by atoms with E-state index < -0.39 is 5.82 Å². The molecule has 1 amide bonds. The summed E-state index contributed by atoms with van der Waals surface area (Å²) in [6.45, 7) is 4.55. The standard InChI is InChI=1S/C15H17FN4O2S/c1-3-7-20-13(9-22-2)18-19-15(20)23-10-14(21)17-12-6-4-5-11(16)8-12/h3-6,8H,1,7,9-10H2,2H3,(H,17,21). The molecule has 0 radical (unpaired) electrons. The van der Waals surface area contributed by atoms with Crippen molar-refractivity contribution in [3.63, 3.8) is 0 Å². The van der Waals surface area contributed by atoms with Gasteiger partial charge in [-0.2, -0.15) is 0 Å². The van der Waals surface area contributed by atoms with Crippen molar-refractivity contribution < 1.29 is 13.9 Å². The molecule has 1 N–H and O–H groups in total. The number of aromatic nitrogens is 3. The lowest BCUT2D eigenvalue weighted by Gasteiger charge is -2.07. The maximum atomic E-state index is 13.1. The first-order valence-electron chi connectivity index (χ1n) is 6.84. The van der Waals surface area contributed by atoms with Gasteiger partial charge in [-0.1, -0.05) is 23.9 Å². The summed E-state index contributed by atoms with van der Waals surface area (Å²) in [5, 5.41) is 11.3. The molecular formula is C15H17FN4O2S. The number of carbonyl (C=O) groups is 1. The minimum Gasteiger partial charge on any atom is -0.377 e. The Kier molecular flexibility index (Phi) is 6.30. The summed E-state index contributed by atoms with van der Waals surface area (Å²) in [6.07, 6.45) is 1.72. The molecule has 1 heterocycles. The molecule has 0 spiro atoms. The van der Waals surface area contributed by atoms with Gasteiger partial charge >= 0.3 is 0 Å². The highest BCUT2D eigenvalue weighted by Gasteiger charge is 2.13. The molecule has 1 aromatic heterocycles. The van der Waals surface area contributed by atoms with Crippen molar-refractivity contribution in [3.05, 3.63) is 48.6 Å². The molecule has 0 bridgehead atoms. The minimum absolute atomic E-state index is 0.138. The van der Waals surface area contributed by atoms with E-state index in [9.17, 15) is 9.18 Å². The van der Waals surface area contributed by atoms with E-state index in [2.05, 4.69) is 22.1 Å². The molecule has 122 valence electrons. The number of nitrogens with zero attached hydrogens (tertiary/aromatic N) is 3. The van der Waals surface area contributed by atoms with Crippen molar-refractivity contribution in [2.24, 2.45) is 0 Å². The van der Waals surface area contributed by atoms with E-state index in [-0.39, 0.29) is 11.7 Å². The van der Waals surface area contributed by atoms with E-state index in [4.69, 9.17) is 4.74 Å². The molecule has 2 rings (SSSR count). The lowest BCUT2D eigenvalue weighted by atomic mass is 10.3. The Morgan fingerprint density at radius 1 is 1.52 bits per heavy atom. The van der Waals surface area contributed by atoms with Crippen LogP contribution < -0.4 is 5.32 Å². The van der Waals surface area contributed by atoms with E-state index >= 15 is 0 Å². The molecule has 23 heavy (non-hydrogen) atoms. The average Bonchev–Trinajstić information content (AvgIpc) is 2.88. The summed E-state index contributed by atoms with van der Waals surface area (Å²) in [5.74, 6) is 0.159. The fourth-order valence-electron chi connectivity index (χ4n) is 1.87. The van der Waals surface area contributed by atoms with Crippen LogP contribution in [0.4, 0.5) is 10.1 Å².